The predicted octanol–water partition coefficient (Wildman–Crippen LogP) is 5.87. The Balaban J connectivity index is 2.31. The first kappa shape index (κ1) is 48.0. The number of carbonyl (C=O) groups excluding carboxylic acids is 5. The fourth-order valence-electron chi connectivity index (χ4n) is 7.86. The van der Waals surface area contributed by atoms with Crippen molar-refractivity contribution in [1.29, 1.82) is 0 Å². The second-order valence-electron chi connectivity index (χ2n) is 17.7. The molecule has 55 heavy (non-hydrogen) atoms. The highest BCUT2D eigenvalue weighted by molar-refractivity contribution is 5.92. The smallest absolute Gasteiger partial charge is 0.226 e. The average molecular weight is 771 g/mol. The average Bonchev–Trinajstić information content (AvgIpc) is 3.62. The highest BCUT2D eigenvalue weighted by atomic mass is 16.5. The number of Topliss-reactive ketones (excluding diaryl/α,β-unsaturated/α-hetero) is 2. The zero-order chi connectivity index (χ0) is 41.8. The van der Waals surface area contributed by atoms with Crippen molar-refractivity contribution in [2.75, 3.05) is 34.9 Å². The van der Waals surface area contributed by atoms with Crippen LogP contribution in [0.1, 0.15) is 113 Å². The summed E-state index contributed by atoms with van der Waals surface area (Å²) < 4.78 is 12.1. The van der Waals surface area contributed by atoms with Gasteiger partial charge in [-0.15, -0.1) is 0 Å². The molecule has 3 amide bonds. The maximum absolute atomic E-state index is 14.3. The van der Waals surface area contributed by atoms with Crippen LogP contribution in [0.2, 0.25) is 0 Å². The fourth-order valence-corrected chi connectivity index (χ4v) is 7.86. The number of likely N-dealkylation sites (N-methyl/N-ethyl adjacent to an activating group) is 2. The molecule has 0 bridgehead atoms. The molecule has 0 radical (unpaired) electrons. The number of likely N-dealkylation sites (tertiary alicyclic amines) is 1. The molecule has 8 atom stereocenters. The van der Waals surface area contributed by atoms with E-state index >= 15 is 0 Å². The Morgan fingerprint density at radius 3 is 2.05 bits per heavy atom. The molecule has 2 rings (SSSR count). The van der Waals surface area contributed by atoms with Crippen molar-refractivity contribution in [2.45, 2.75) is 150 Å². The van der Waals surface area contributed by atoms with E-state index in [0.717, 1.165) is 18.4 Å². The van der Waals surface area contributed by atoms with Gasteiger partial charge in [-0.1, -0.05) is 71.4 Å². The van der Waals surface area contributed by atoms with E-state index in [1.54, 1.807) is 33.2 Å². The Morgan fingerprint density at radius 1 is 0.927 bits per heavy atom. The van der Waals surface area contributed by atoms with Crippen LogP contribution < -0.4 is 10.6 Å². The summed E-state index contributed by atoms with van der Waals surface area (Å²) in [5, 5.41) is 6.12. The van der Waals surface area contributed by atoms with E-state index in [0.29, 0.717) is 19.4 Å². The number of amides is 3. The van der Waals surface area contributed by atoms with E-state index in [2.05, 4.69) is 24.5 Å². The number of benzene rings is 1. The topological polar surface area (TPSA) is 134 Å². The number of hydrogen-bond acceptors (Lipinski definition) is 8. The zero-order valence-electron chi connectivity index (χ0n) is 36.5. The lowest BCUT2D eigenvalue weighted by Gasteiger charge is -2.41. The van der Waals surface area contributed by atoms with Crippen LogP contribution in [0.3, 0.4) is 0 Å². The molecule has 1 saturated heterocycles. The first-order valence-electron chi connectivity index (χ1n) is 20.4. The third-order valence-electron chi connectivity index (χ3n) is 11.8. The summed E-state index contributed by atoms with van der Waals surface area (Å²) in [4.78, 5) is 72.7. The van der Waals surface area contributed by atoms with E-state index in [-0.39, 0.29) is 66.4 Å². The molecule has 8 unspecified atom stereocenters. The number of nitrogens with one attached hydrogen (secondary N) is 2. The molecule has 0 spiro atoms. The summed E-state index contributed by atoms with van der Waals surface area (Å²) in [5.74, 6) is -2.26. The van der Waals surface area contributed by atoms with Crippen LogP contribution in [0.5, 0.6) is 0 Å². The van der Waals surface area contributed by atoms with Crippen molar-refractivity contribution in [3.05, 3.63) is 35.9 Å². The van der Waals surface area contributed by atoms with Crippen molar-refractivity contribution < 1.29 is 33.4 Å². The lowest BCUT2D eigenvalue weighted by Crippen LogP contribution is -2.54. The van der Waals surface area contributed by atoms with Crippen LogP contribution in [-0.4, -0.2) is 109 Å². The number of ketones is 2. The van der Waals surface area contributed by atoms with E-state index in [1.165, 1.54) is 0 Å². The molecule has 11 heteroatoms. The molecule has 1 aromatic carbocycles. The maximum Gasteiger partial charge on any atom is 0.226 e. The third kappa shape index (κ3) is 13.5. The van der Waals surface area contributed by atoms with Gasteiger partial charge >= 0.3 is 0 Å². The minimum absolute atomic E-state index is 0.00187. The number of rotatable bonds is 22. The second kappa shape index (κ2) is 21.4. The second-order valence-corrected chi connectivity index (χ2v) is 17.7. The standard InChI is InChI=1S/C44H74N4O7/c1-15-29(4)39(47(12)42(53)33(28(2)3)26-37(50)44(9,10)45-11)36(54-13)27-38(51)48-23-19-22-34(48)40(55-14)30(5)35(49)25-32(41(52)46-43(6,7)8)24-31-20-17-16-18-21-31/h16-18,20-21,28-30,32-34,36,39-40,45H,15,19,22-27H2,1-14H3,(H,46,52). The van der Waals surface area contributed by atoms with Gasteiger partial charge in [0.2, 0.25) is 17.7 Å². The monoisotopic (exact) mass is 771 g/mol. The summed E-state index contributed by atoms with van der Waals surface area (Å²) >= 11 is 0. The Labute approximate surface area is 332 Å². The first-order valence-corrected chi connectivity index (χ1v) is 20.4. The summed E-state index contributed by atoms with van der Waals surface area (Å²) in [6.07, 6.45) is 1.67. The van der Waals surface area contributed by atoms with Gasteiger partial charge in [-0.05, 0) is 78.3 Å². The Kier molecular flexibility index (Phi) is 18.7. The summed E-state index contributed by atoms with van der Waals surface area (Å²) in [7, 11) is 6.66. The van der Waals surface area contributed by atoms with Crippen LogP contribution in [-0.2, 0) is 39.9 Å². The van der Waals surface area contributed by atoms with Gasteiger partial charge in [0.1, 0.15) is 5.78 Å². The van der Waals surface area contributed by atoms with E-state index in [4.69, 9.17) is 9.47 Å². The predicted molar refractivity (Wildman–Crippen MR) is 218 cm³/mol. The number of methoxy groups -OCH3 is 2. The molecule has 312 valence electrons. The van der Waals surface area contributed by atoms with Gasteiger partial charge in [0.15, 0.2) is 5.78 Å². The van der Waals surface area contributed by atoms with Gasteiger partial charge in [-0.25, -0.2) is 0 Å². The minimum Gasteiger partial charge on any atom is -0.379 e. The number of carbonyl (C=O) groups is 5. The van der Waals surface area contributed by atoms with Crippen molar-refractivity contribution in [2.24, 2.45) is 29.6 Å². The highest BCUT2D eigenvalue weighted by Crippen LogP contribution is 2.32. The fraction of sp³-hybridized carbons (Fsp3) is 0.750. The van der Waals surface area contributed by atoms with E-state index in [9.17, 15) is 24.0 Å². The van der Waals surface area contributed by atoms with Gasteiger partial charge < -0.3 is 29.9 Å². The Morgan fingerprint density at radius 2 is 1.55 bits per heavy atom. The molecule has 1 heterocycles. The maximum atomic E-state index is 14.3. The van der Waals surface area contributed by atoms with Crippen LogP contribution >= 0.6 is 0 Å². The quantitative estimate of drug-likeness (QED) is 0.150. The lowest BCUT2D eigenvalue weighted by molar-refractivity contribution is -0.149. The lowest BCUT2D eigenvalue weighted by atomic mass is 9.83. The number of nitrogens with zero attached hydrogens (tertiary/aromatic N) is 2. The summed E-state index contributed by atoms with van der Waals surface area (Å²) in [6, 6.07) is 8.96. The molecule has 1 aliphatic heterocycles. The van der Waals surface area contributed by atoms with Crippen LogP contribution in [0.4, 0.5) is 0 Å². The molecule has 0 aliphatic carbocycles. The summed E-state index contributed by atoms with van der Waals surface area (Å²) in [5.41, 5.74) is -0.229. The molecule has 0 aromatic heterocycles. The normalized spacial score (nSPS) is 18.9. The third-order valence-corrected chi connectivity index (χ3v) is 11.8. The van der Waals surface area contributed by atoms with E-state index < -0.39 is 47.1 Å². The van der Waals surface area contributed by atoms with E-state index in [1.807, 2.05) is 90.6 Å². The summed E-state index contributed by atoms with van der Waals surface area (Å²) in [6.45, 7) is 19.8. The number of hydrogen-bond donors (Lipinski definition) is 2. The SMILES string of the molecule is CCC(C)C(C(CC(=O)N1CCCC1C(OC)C(C)C(=O)CC(Cc1ccccc1)C(=O)NC(C)(C)C)OC)N(C)C(=O)C(CC(=O)C(C)(C)NC)C(C)C. The van der Waals surface area contributed by atoms with Crippen molar-refractivity contribution >= 4 is 29.3 Å². The molecule has 1 fully saturated rings. The van der Waals surface area contributed by atoms with Gasteiger partial charge in [0.05, 0.1) is 36.3 Å². The minimum atomic E-state index is -0.761. The molecule has 11 nitrogen and oxygen atoms in total. The van der Waals surface area contributed by atoms with Gasteiger partial charge in [-0.3, -0.25) is 24.0 Å². The zero-order valence-corrected chi connectivity index (χ0v) is 36.5. The van der Waals surface area contributed by atoms with Crippen LogP contribution in [0.15, 0.2) is 30.3 Å². The van der Waals surface area contributed by atoms with Gasteiger partial charge in [-0.2, -0.15) is 0 Å². The largest absolute Gasteiger partial charge is 0.379 e. The van der Waals surface area contributed by atoms with Crippen molar-refractivity contribution in [3.8, 4) is 0 Å². The van der Waals surface area contributed by atoms with Crippen LogP contribution in [0.25, 0.3) is 0 Å². The molecule has 2 N–H and O–H groups in total. The van der Waals surface area contributed by atoms with Crippen molar-refractivity contribution in [3.63, 3.8) is 0 Å². The Bertz CT molecular complexity index is 1410. The molecular formula is C44H74N4O7. The number of ether oxygens (including phenoxy) is 2. The molecule has 1 aliphatic rings. The van der Waals surface area contributed by atoms with Crippen molar-refractivity contribution in [1.82, 2.24) is 20.4 Å². The Hall–Kier alpha value is -3.15. The van der Waals surface area contributed by atoms with Gasteiger partial charge in [0, 0.05) is 63.9 Å². The first-order chi connectivity index (χ1) is 25.6. The van der Waals surface area contributed by atoms with Crippen LogP contribution in [0, 0.1) is 29.6 Å². The highest BCUT2D eigenvalue weighted by Gasteiger charge is 2.43. The molecular weight excluding hydrogens is 697 g/mol. The molecule has 0 saturated carbocycles. The molecule has 1 aromatic rings. The van der Waals surface area contributed by atoms with Gasteiger partial charge in [0.25, 0.3) is 0 Å².